The van der Waals surface area contributed by atoms with Gasteiger partial charge >= 0.3 is 31.3 Å². The van der Waals surface area contributed by atoms with Crippen molar-refractivity contribution in [3.05, 3.63) is 16.7 Å². The highest BCUT2D eigenvalue weighted by Crippen LogP contribution is 2.71. The van der Waals surface area contributed by atoms with Gasteiger partial charge in [-0.2, -0.15) is 17.9 Å². The average molecular weight is 700 g/mol. The number of aliphatic hydroxyl groups excluding tert-OH is 1. The van der Waals surface area contributed by atoms with Crippen molar-refractivity contribution in [3.8, 4) is 0 Å². The molecule has 43 heavy (non-hydrogen) atoms. The highest BCUT2D eigenvalue weighted by molar-refractivity contribution is 7.69. The second kappa shape index (κ2) is 14.8. The van der Waals surface area contributed by atoms with Gasteiger partial charge in [0.15, 0.2) is 11.2 Å². The maximum absolute atomic E-state index is 12.2. The topological polar surface area (TPSA) is 326 Å². The van der Waals surface area contributed by atoms with Crippen molar-refractivity contribution >= 4 is 48.4 Å². The standard InChI is InChI=1S/C17H32N6O16P4/c1-19-6-4-2-3-5-7-34-40(26,27)37-42(30,31)39-43(32,33)38-41(28,29)35-9-12-11(24)8-13(36-12)23-10-20-14-15(23)21-17(18)22-16(14)25/h10-13,19,24H,2-9H2,1H3,(H,26,27)(H,28,29)(H,30,31)(H,32,33)(H3,18,21,22,25)/t11?,12-,13-/m1/s1. The largest absolute Gasteiger partial charge is 0.490 e. The minimum Gasteiger partial charge on any atom is -0.390 e. The Bertz CT molecular complexity index is 1500. The van der Waals surface area contributed by atoms with Crippen LogP contribution >= 0.6 is 31.3 Å². The number of nitrogen functional groups attached to an aromatic ring is 1. The molecule has 1 saturated heterocycles. The van der Waals surface area contributed by atoms with Gasteiger partial charge in [0, 0.05) is 6.42 Å². The molecule has 0 bridgehead atoms. The Balaban J connectivity index is 1.51. The first-order chi connectivity index (χ1) is 19.9. The molecule has 26 heteroatoms. The van der Waals surface area contributed by atoms with E-state index in [0.29, 0.717) is 6.42 Å². The van der Waals surface area contributed by atoms with Crippen LogP contribution in [0.4, 0.5) is 5.95 Å². The maximum Gasteiger partial charge on any atom is 0.490 e. The van der Waals surface area contributed by atoms with Crippen molar-refractivity contribution in [3.63, 3.8) is 0 Å². The monoisotopic (exact) mass is 700 g/mol. The molecule has 0 aromatic carbocycles. The Labute approximate surface area is 242 Å². The van der Waals surface area contributed by atoms with Crippen LogP contribution in [-0.4, -0.2) is 83.2 Å². The molecule has 0 aliphatic carbocycles. The zero-order chi connectivity index (χ0) is 32.1. The smallest absolute Gasteiger partial charge is 0.390 e. The number of anilines is 1. The van der Waals surface area contributed by atoms with Gasteiger partial charge in [-0.05, 0) is 26.4 Å². The number of H-pyrrole nitrogens is 1. The van der Waals surface area contributed by atoms with E-state index in [4.69, 9.17) is 10.5 Å². The van der Waals surface area contributed by atoms with Crippen molar-refractivity contribution in [2.45, 2.75) is 50.5 Å². The third-order valence-electron chi connectivity index (χ3n) is 5.56. The number of nitrogens with one attached hydrogen (secondary N) is 2. The van der Waals surface area contributed by atoms with Gasteiger partial charge < -0.3 is 40.5 Å². The van der Waals surface area contributed by atoms with E-state index in [1.54, 1.807) is 7.05 Å². The molecule has 2 aromatic rings. The van der Waals surface area contributed by atoms with E-state index in [0.717, 1.165) is 19.4 Å². The summed E-state index contributed by atoms with van der Waals surface area (Å²) in [6.07, 6.45) is -0.150. The Hall–Kier alpha value is -1.41. The van der Waals surface area contributed by atoms with Crippen LogP contribution in [-0.2, 0) is 45.0 Å². The Morgan fingerprint density at radius 1 is 1.02 bits per heavy atom. The van der Waals surface area contributed by atoms with Gasteiger partial charge in [-0.15, -0.1) is 0 Å². The number of nitrogens with zero attached hydrogens (tertiary/aromatic N) is 3. The highest BCUT2D eigenvalue weighted by atomic mass is 31.3. The summed E-state index contributed by atoms with van der Waals surface area (Å²) < 4.78 is 75.8. The van der Waals surface area contributed by atoms with Gasteiger partial charge in [-0.3, -0.25) is 23.4 Å². The van der Waals surface area contributed by atoms with Crippen LogP contribution in [0, 0.1) is 0 Å². The van der Waals surface area contributed by atoms with E-state index >= 15 is 0 Å². The van der Waals surface area contributed by atoms with Crippen LogP contribution in [0.15, 0.2) is 11.1 Å². The summed E-state index contributed by atoms with van der Waals surface area (Å²) in [5.74, 6) is -0.217. The SMILES string of the molecule is CNCCCCCCOP(=O)(O)OP(=O)(O)OP(=O)(O)OP(=O)(O)OC[C@H]1O[C@@H](n2cnc3c(=O)[nH]c(N)nc32)CC1O. The number of ether oxygens (including phenoxy) is 1. The van der Waals surface area contributed by atoms with E-state index in [1.807, 2.05) is 0 Å². The zero-order valence-electron chi connectivity index (χ0n) is 22.4. The molecule has 9 N–H and O–H groups in total. The van der Waals surface area contributed by atoms with E-state index in [1.165, 1.54) is 10.9 Å². The van der Waals surface area contributed by atoms with Gasteiger partial charge in [0.2, 0.25) is 5.95 Å². The van der Waals surface area contributed by atoms with Gasteiger partial charge in [0.25, 0.3) is 5.56 Å². The van der Waals surface area contributed by atoms with Crippen LogP contribution in [0.1, 0.15) is 38.3 Å². The predicted octanol–water partition coefficient (Wildman–Crippen LogP) is 0.615. The number of unbranched alkanes of at least 4 members (excludes halogenated alkanes) is 3. The lowest BCUT2D eigenvalue weighted by Crippen LogP contribution is -2.26. The zero-order valence-corrected chi connectivity index (χ0v) is 26.0. The molecule has 0 amide bonds. The third kappa shape index (κ3) is 11.2. The van der Waals surface area contributed by atoms with Crippen LogP contribution in [0.25, 0.3) is 11.2 Å². The number of aromatic amines is 1. The first kappa shape index (κ1) is 36.1. The van der Waals surface area contributed by atoms with Gasteiger partial charge in [0.1, 0.15) is 12.3 Å². The van der Waals surface area contributed by atoms with Gasteiger partial charge in [-0.1, -0.05) is 12.8 Å². The van der Waals surface area contributed by atoms with E-state index < -0.39 is 61.9 Å². The normalized spacial score (nSPS) is 24.7. The fourth-order valence-electron chi connectivity index (χ4n) is 3.76. The lowest BCUT2D eigenvalue weighted by Gasteiger charge is -2.21. The number of aliphatic hydroxyl groups is 1. The van der Waals surface area contributed by atoms with Crippen molar-refractivity contribution < 1.29 is 69.7 Å². The average Bonchev–Trinajstić information content (AvgIpc) is 3.43. The minimum absolute atomic E-state index is 0.0169. The molecule has 2 aromatic heterocycles. The first-order valence-corrected chi connectivity index (χ1v) is 18.4. The molecule has 3 heterocycles. The lowest BCUT2D eigenvalue weighted by molar-refractivity contribution is -0.0423. The quantitative estimate of drug-likeness (QED) is 0.0780. The van der Waals surface area contributed by atoms with Gasteiger partial charge in [0.05, 0.1) is 25.6 Å². The van der Waals surface area contributed by atoms with Crippen molar-refractivity contribution in [1.82, 2.24) is 24.8 Å². The molecular weight excluding hydrogens is 668 g/mol. The van der Waals surface area contributed by atoms with Crippen molar-refractivity contribution in [2.24, 2.45) is 0 Å². The molecule has 22 nitrogen and oxygen atoms in total. The number of nitrogens with two attached hydrogens (primary N) is 1. The molecule has 1 fully saturated rings. The van der Waals surface area contributed by atoms with Crippen LogP contribution in [0.5, 0.6) is 0 Å². The second-order valence-corrected chi connectivity index (χ2v) is 15.2. The summed E-state index contributed by atoms with van der Waals surface area (Å²) in [5, 5.41) is 13.3. The third-order valence-corrected chi connectivity index (χ3v) is 11.5. The fraction of sp³-hybridized carbons (Fsp3) is 0.706. The van der Waals surface area contributed by atoms with Crippen LogP contribution < -0.4 is 16.6 Å². The molecular formula is C17H32N6O16P4. The number of fused-ring (bicyclic) bond motifs is 1. The molecule has 1 aliphatic heterocycles. The molecule has 246 valence electrons. The summed E-state index contributed by atoms with van der Waals surface area (Å²) >= 11 is 0. The van der Waals surface area contributed by atoms with Crippen molar-refractivity contribution in [2.75, 3.05) is 32.5 Å². The Morgan fingerprint density at radius 2 is 1.63 bits per heavy atom. The Kier molecular flexibility index (Phi) is 12.4. The Morgan fingerprint density at radius 3 is 2.28 bits per heavy atom. The molecule has 5 unspecified atom stereocenters. The number of rotatable bonds is 18. The van der Waals surface area contributed by atoms with Crippen molar-refractivity contribution in [1.29, 1.82) is 0 Å². The number of aromatic nitrogens is 4. The number of phosphoric acid groups is 4. The predicted molar refractivity (Wildman–Crippen MR) is 144 cm³/mol. The number of hydrogen-bond acceptors (Lipinski definition) is 16. The second-order valence-electron chi connectivity index (χ2n) is 8.97. The van der Waals surface area contributed by atoms with Crippen LogP contribution in [0.2, 0.25) is 0 Å². The summed E-state index contributed by atoms with van der Waals surface area (Å²) in [4.78, 5) is 60.8. The number of imidazole rings is 1. The summed E-state index contributed by atoms with van der Waals surface area (Å²) in [7, 11) is -20.9. The minimum atomic E-state index is -5.97. The number of phosphoric ester groups is 2. The maximum atomic E-state index is 12.2. The van der Waals surface area contributed by atoms with Gasteiger partial charge in [-0.25, -0.2) is 23.2 Å². The highest BCUT2D eigenvalue weighted by Gasteiger charge is 2.46. The number of hydrogen-bond donors (Lipinski definition) is 8. The summed E-state index contributed by atoms with van der Waals surface area (Å²) in [6, 6.07) is 0. The van der Waals surface area contributed by atoms with E-state index in [9.17, 15) is 47.7 Å². The van der Waals surface area contributed by atoms with E-state index in [-0.39, 0.29) is 36.6 Å². The molecule has 0 spiro atoms. The lowest BCUT2D eigenvalue weighted by atomic mass is 10.2. The summed E-state index contributed by atoms with van der Waals surface area (Å²) in [5.41, 5.74) is 4.85. The van der Waals surface area contributed by atoms with E-state index in [2.05, 4.69) is 42.2 Å². The molecule has 0 saturated carbocycles. The molecule has 3 rings (SSSR count). The molecule has 0 radical (unpaired) electrons. The molecule has 7 atom stereocenters. The summed E-state index contributed by atoms with van der Waals surface area (Å²) in [6.45, 7) is -0.520. The van der Waals surface area contributed by atoms with Crippen LogP contribution in [0.3, 0.4) is 0 Å². The fourth-order valence-corrected chi connectivity index (χ4v) is 8.74. The first-order valence-electron chi connectivity index (χ1n) is 12.4. The molecule has 1 aliphatic rings.